The largest absolute Gasteiger partial charge is 0.268 e. The Balaban J connectivity index is 2.29. The van der Waals surface area contributed by atoms with Crippen molar-refractivity contribution in [2.24, 2.45) is 5.92 Å². The van der Waals surface area contributed by atoms with E-state index in [1.165, 1.54) is 18.4 Å². The molecule has 1 aromatic rings. The summed E-state index contributed by atoms with van der Waals surface area (Å²) in [6, 6.07) is 0. The van der Waals surface area contributed by atoms with E-state index >= 15 is 0 Å². The van der Waals surface area contributed by atoms with E-state index in [4.69, 9.17) is 0 Å². The SMILES string of the molecule is Cc1n[nH]c(=O)c2c1CC1CC2C1. The van der Waals surface area contributed by atoms with Crippen LogP contribution in [0.15, 0.2) is 4.79 Å². The molecule has 1 N–H and O–H groups in total. The number of aryl methyl sites for hydroxylation is 1. The molecule has 68 valence electrons. The molecule has 0 aliphatic heterocycles. The van der Waals surface area contributed by atoms with E-state index in [1.807, 2.05) is 6.92 Å². The number of rotatable bonds is 0. The lowest BCUT2D eigenvalue weighted by molar-refractivity contribution is 0.233. The van der Waals surface area contributed by atoms with Gasteiger partial charge in [0, 0.05) is 5.56 Å². The van der Waals surface area contributed by atoms with Gasteiger partial charge < -0.3 is 0 Å². The second kappa shape index (κ2) is 2.22. The van der Waals surface area contributed by atoms with Gasteiger partial charge in [-0.05, 0) is 43.6 Å². The summed E-state index contributed by atoms with van der Waals surface area (Å²) >= 11 is 0. The van der Waals surface area contributed by atoms with Gasteiger partial charge in [0.15, 0.2) is 0 Å². The fraction of sp³-hybridized carbons (Fsp3) is 0.600. The van der Waals surface area contributed by atoms with Crippen LogP contribution in [0.4, 0.5) is 0 Å². The van der Waals surface area contributed by atoms with Crippen LogP contribution in [0.1, 0.15) is 35.6 Å². The summed E-state index contributed by atoms with van der Waals surface area (Å²) in [5, 5.41) is 6.59. The van der Waals surface area contributed by atoms with Crippen molar-refractivity contribution in [3.63, 3.8) is 0 Å². The molecule has 3 aliphatic rings. The van der Waals surface area contributed by atoms with Gasteiger partial charge in [0.05, 0.1) is 5.69 Å². The molecule has 0 radical (unpaired) electrons. The van der Waals surface area contributed by atoms with Gasteiger partial charge in [-0.1, -0.05) is 0 Å². The van der Waals surface area contributed by atoms with Crippen LogP contribution in [-0.4, -0.2) is 10.2 Å². The molecule has 2 bridgehead atoms. The Bertz CT molecular complexity index is 415. The van der Waals surface area contributed by atoms with Gasteiger partial charge in [0.25, 0.3) is 5.56 Å². The Morgan fingerprint density at radius 2 is 2.23 bits per heavy atom. The minimum atomic E-state index is 0.0451. The summed E-state index contributed by atoms with van der Waals surface area (Å²) in [6.07, 6.45) is 3.52. The van der Waals surface area contributed by atoms with Crippen LogP contribution < -0.4 is 5.56 Å². The third-order valence-corrected chi connectivity index (χ3v) is 3.47. The molecule has 0 saturated heterocycles. The van der Waals surface area contributed by atoms with E-state index in [2.05, 4.69) is 10.2 Å². The van der Waals surface area contributed by atoms with Crippen molar-refractivity contribution in [2.75, 3.05) is 0 Å². The smallest absolute Gasteiger partial charge is 0.267 e. The summed E-state index contributed by atoms with van der Waals surface area (Å²) in [5.41, 5.74) is 3.33. The molecule has 3 aliphatic carbocycles. The highest BCUT2D eigenvalue weighted by Gasteiger charge is 2.39. The zero-order valence-corrected chi connectivity index (χ0v) is 7.63. The highest BCUT2D eigenvalue weighted by Crippen LogP contribution is 2.48. The Kier molecular flexibility index (Phi) is 1.25. The van der Waals surface area contributed by atoms with E-state index in [0.717, 1.165) is 23.6 Å². The fourth-order valence-corrected chi connectivity index (χ4v) is 2.71. The number of nitrogens with one attached hydrogen (secondary N) is 1. The van der Waals surface area contributed by atoms with E-state index < -0.39 is 0 Å². The molecule has 0 aromatic carbocycles. The second-order valence-electron chi connectivity index (χ2n) is 4.27. The van der Waals surface area contributed by atoms with Crippen LogP contribution in [0.25, 0.3) is 0 Å². The van der Waals surface area contributed by atoms with Crippen molar-refractivity contribution in [1.82, 2.24) is 10.2 Å². The molecule has 0 amide bonds. The first-order valence-electron chi connectivity index (χ1n) is 4.83. The normalized spacial score (nSPS) is 29.3. The van der Waals surface area contributed by atoms with Crippen LogP contribution in [-0.2, 0) is 6.42 Å². The first-order chi connectivity index (χ1) is 6.25. The number of hydrogen-bond donors (Lipinski definition) is 1. The number of aromatic amines is 1. The molecule has 0 spiro atoms. The van der Waals surface area contributed by atoms with E-state index in [1.54, 1.807) is 0 Å². The number of hydrogen-bond acceptors (Lipinski definition) is 2. The maximum Gasteiger partial charge on any atom is 0.267 e. The predicted molar refractivity (Wildman–Crippen MR) is 48.8 cm³/mol. The molecule has 3 nitrogen and oxygen atoms in total. The molecule has 0 unspecified atom stereocenters. The molecule has 4 rings (SSSR count). The van der Waals surface area contributed by atoms with Crippen LogP contribution >= 0.6 is 0 Å². The fourth-order valence-electron chi connectivity index (χ4n) is 2.71. The van der Waals surface area contributed by atoms with Gasteiger partial charge in [0.1, 0.15) is 0 Å². The maximum atomic E-state index is 11.5. The average Bonchev–Trinajstić information content (AvgIpc) is 2.10. The Hall–Kier alpha value is -1.12. The first kappa shape index (κ1) is 7.30. The Morgan fingerprint density at radius 3 is 2.92 bits per heavy atom. The maximum absolute atomic E-state index is 11.5. The Morgan fingerprint density at radius 1 is 1.46 bits per heavy atom. The van der Waals surface area contributed by atoms with Crippen molar-refractivity contribution in [2.45, 2.75) is 32.1 Å². The topological polar surface area (TPSA) is 45.8 Å². The van der Waals surface area contributed by atoms with Crippen molar-refractivity contribution in [3.05, 3.63) is 27.2 Å². The quantitative estimate of drug-likeness (QED) is 0.644. The summed E-state index contributed by atoms with van der Waals surface area (Å²) < 4.78 is 0. The minimum Gasteiger partial charge on any atom is -0.268 e. The molecule has 1 aromatic heterocycles. The zero-order chi connectivity index (χ0) is 9.00. The van der Waals surface area contributed by atoms with Gasteiger partial charge in [-0.3, -0.25) is 4.79 Å². The summed E-state index contributed by atoms with van der Waals surface area (Å²) in [4.78, 5) is 11.5. The Labute approximate surface area is 76.2 Å². The van der Waals surface area contributed by atoms with Gasteiger partial charge in [0.2, 0.25) is 0 Å². The number of aromatic nitrogens is 2. The lowest BCUT2D eigenvalue weighted by Gasteiger charge is -2.41. The van der Waals surface area contributed by atoms with E-state index in [-0.39, 0.29) is 5.56 Å². The van der Waals surface area contributed by atoms with Crippen molar-refractivity contribution >= 4 is 0 Å². The van der Waals surface area contributed by atoms with Crippen LogP contribution in [0.2, 0.25) is 0 Å². The lowest BCUT2D eigenvalue weighted by Crippen LogP contribution is -2.37. The van der Waals surface area contributed by atoms with Crippen LogP contribution in [0, 0.1) is 12.8 Å². The van der Waals surface area contributed by atoms with Crippen molar-refractivity contribution in [3.8, 4) is 0 Å². The lowest BCUT2D eigenvalue weighted by atomic mass is 9.63. The first-order valence-corrected chi connectivity index (χ1v) is 4.83. The average molecular weight is 176 g/mol. The zero-order valence-electron chi connectivity index (χ0n) is 7.63. The van der Waals surface area contributed by atoms with Crippen LogP contribution in [0.5, 0.6) is 0 Å². The van der Waals surface area contributed by atoms with Crippen molar-refractivity contribution in [1.29, 1.82) is 0 Å². The third kappa shape index (κ3) is 0.844. The van der Waals surface area contributed by atoms with Gasteiger partial charge in [-0.25, -0.2) is 5.10 Å². The second-order valence-corrected chi connectivity index (χ2v) is 4.27. The highest BCUT2D eigenvalue weighted by molar-refractivity contribution is 5.36. The van der Waals surface area contributed by atoms with E-state index in [9.17, 15) is 4.79 Å². The van der Waals surface area contributed by atoms with Gasteiger partial charge in [-0.15, -0.1) is 0 Å². The molecular weight excluding hydrogens is 164 g/mol. The molecule has 3 heteroatoms. The molecular formula is C10H12N2O. The van der Waals surface area contributed by atoms with E-state index in [0.29, 0.717) is 5.92 Å². The molecule has 0 atom stereocenters. The van der Waals surface area contributed by atoms with Gasteiger partial charge in [-0.2, -0.15) is 5.10 Å². The molecule has 13 heavy (non-hydrogen) atoms. The monoisotopic (exact) mass is 176 g/mol. The predicted octanol–water partition coefficient (Wildman–Crippen LogP) is 1.13. The highest BCUT2D eigenvalue weighted by atomic mass is 16.1. The standard InChI is InChI=1S/C10H12N2O/c1-5-8-4-6-2-7(3-6)9(8)10(13)12-11-5/h6-7H,2-4H2,1H3,(H,12,13). The summed E-state index contributed by atoms with van der Waals surface area (Å²) in [5.74, 6) is 1.37. The number of nitrogens with zero attached hydrogens (tertiary/aromatic N) is 1. The minimum absolute atomic E-state index is 0.0451. The molecule has 1 saturated carbocycles. The summed E-state index contributed by atoms with van der Waals surface area (Å²) in [6.45, 7) is 1.99. The van der Waals surface area contributed by atoms with Crippen molar-refractivity contribution < 1.29 is 0 Å². The third-order valence-electron chi connectivity index (χ3n) is 3.47. The molecule has 1 fully saturated rings. The summed E-state index contributed by atoms with van der Waals surface area (Å²) in [7, 11) is 0. The number of H-pyrrole nitrogens is 1. The van der Waals surface area contributed by atoms with Gasteiger partial charge >= 0.3 is 0 Å². The molecule has 1 heterocycles. The van der Waals surface area contributed by atoms with Crippen LogP contribution in [0.3, 0.4) is 0 Å².